The molecule has 3 N–H and O–H groups in total. The van der Waals surface area contributed by atoms with Gasteiger partial charge < -0.3 is 15.5 Å². The molecule has 0 saturated carbocycles. The van der Waals surface area contributed by atoms with E-state index in [1.54, 1.807) is 0 Å². The van der Waals surface area contributed by atoms with Crippen LogP contribution >= 0.6 is 0 Å². The van der Waals surface area contributed by atoms with Gasteiger partial charge in [-0.25, -0.2) is 0 Å². The molecule has 1 heterocycles. The summed E-state index contributed by atoms with van der Waals surface area (Å²) < 4.78 is 0. The van der Waals surface area contributed by atoms with Gasteiger partial charge in [-0.1, -0.05) is 0 Å². The number of aliphatic hydroxyl groups is 2. The largest absolute Gasteiger partial charge is 0.386 e. The predicted molar refractivity (Wildman–Crippen MR) is 31.9 cm³/mol. The molecule has 50 valence electrons. The first-order chi connectivity index (χ1) is 4.30. The van der Waals surface area contributed by atoms with Crippen LogP contribution in [0, 0.1) is 0 Å². The molecule has 2 rings (SSSR count). The van der Waals surface area contributed by atoms with Gasteiger partial charge in [0.05, 0.1) is 0 Å². The Hall–Kier alpha value is -0.380. The van der Waals surface area contributed by atoms with Gasteiger partial charge in [-0.05, 0) is 11.1 Å². The Morgan fingerprint density at radius 3 is 2.00 bits per heavy atom. The molecule has 2 unspecified atom stereocenters. The molecule has 9 heavy (non-hydrogen) atoms. The SMILES string of the molecule is OC1C2=C(CNC2)C1O. The van der Waals surface area contributed by atoms with Gasteiger partial charge in [0.1, 0.15) is 12.2 Å². The van der Waals surface area contributed by atoms with Crippen molar-refractivity contribution >= 4 is 0 Å². The van der Waals surface area contributed by atoms with Crippen LogP contribution in [0.4, 0.5) is 0 Å². The first-order valence-corrected chi connectivity index (χ1v) is 3.09. The Kier molecular flexibility index (Phi) is 0.939. The van der Waals surface area contributed by atoms with E-state index in [2.05, 4.69) is 5.32 Å². The summed E-state index contributed by atoms with van der Waals surface area (Å²) in [6, 6.07) is 0. The first kappa shape index (κ1) is 5.41. The van der Waals surface area contributed by atoms with Crippen LogP contribution in [0.2, 0.25) is 0 Å². The molecule has 0 radical (unpaired) electrons. The molecule has 0 aromatic carbocycles. The second kappa shape index (κ2) is 1.56. The van der Waals surface area contributed by atoms with E-state index in [0.717, 1.165) is 24.2 Å². The third-order valence-electron chi connectivity index (χ3n) is 2.06. The molecule has 0 aromatic heterocycles. The highest BCUT2D eigenvalue weighted by atomic mass is 16.3. The molecular formula is C6H9NO2. The Bertz CT molecular complexity index is 158. The molecule has 0 aromatic rings. The van der Waals surface area contributed by atoms with Gasteiger partial charge in [0.25, 0.3) is 0 Å². The minimum absolute atomic E-state index is 0.574. The summed E-state index contributed by atoms with van der Waals surface area (Å²) in [6.07, 6.45) is -1.15. The van der Waals surface area contributed by atoms with Crippen LogP contribution in [0.5, 0.6) is 0 Å². The molecular weight excluding hydrogens is 118 g/mol. The maximum Gasteiger partial charge on any atom is 0.106 e. The fourth-order valence-electron chi connectivity index (χ4n) is 1.43. The van der Waals surface area contributed by atoms with E-state index in [9.17, 15) is 0 Å². The van der Waals surface area contributed by atoms with Crippen molar-refractivity contribution in [1.29, 1.82) is 0 Å². The smallest absolute Gasteiger partial charge is 0.106 e. The second-order valence-corrected chi connectivity index (χ2v) is 2.54. The normalized spacial score (nSPS) is 40.7. The molecule has 0 fully saturated rings. The summed E-state index contributed by atoms with van der Waals surface area (Å²) in [5.41, 5.74) is 2.00. The number of hydrogen-bond donors (Lipinski definition) is 3. The van der Waals surface area contributed by atoms with Gasteiger partial charge in [-0.15, -0.1) is 0 Å². The van der Waals surface area contributed by atoms with Crippen molar-refractivity contribution in [3.05, 3.63) is 11.1 Å². The average molecular weight is 127 g/mol. The van der Waals surface area contributed by atoms with E-state index >= 15 is 0 Å². The Morgan fingerprint density at radius 2 is 1.56 bits per heavy atom. The quantitative estimate of drug-likeness (QED) is 0.352. The van der Waals surface area contributed by atoms with E-state index in [0.29, 0.717) is 0 Å². The number of hydrogen-bond acceptors (Lipinski definition) is 3. The van der Waals surface area contributed by atoms with Crippen molar-refractivity contribution in [3.8, 4) is 0 Å². The summed E-state index contributed by atoms with van der Waals surface area (Å²) in [7, 11) is 0. The molecule has 1 aliphatic heterocycles. The zero-order valence-corrected chi connectivity index (χ0v) is 4.96. The zero-order chi connectivity index (χ0) is 6.43. The summed E-state index contributed by atoms with van der Waals surface area (Å²) >= 11 is 0. The van der Waals surface area contributed by atoms with E-state index in [1.165, 1.54) is 0 Å². The molecule has 0 amide bonds. The van der Waals surface area contributed by atoms with Crippen molar-refractivity contribution in [2.75, 3.05) is 13.1 Å². The van der Waals surface area contributed by atoms with Crippen LogP contribution in [-0.2, 0) is 0 Å². The van der Waals surface area contributed by atoms with Crippen molar-refractivity contribution in [2.24, 2.45) is 0 Å². The van der Waals surface area contributed by atoms with Crippen LogP contribution in [-0.4, -0.2) is 35.5 Å². The molecule has 1 aliphatic carbocycles. The second-order valence-electron chi connectivity index (χ2n) is 2.54. The van der Waals surface area contributed by atoms with Crippen LogP contribution in [0.15, 0.2) is 11.1 Å². The summed E-state index contributed by atoms with van der Waals surface area (Å²) in [4.78, 5) is 0. The fraction of sp³-hybridized carbons (Fsp3) is 0.667. The lowest BCUT2D eigenvalue weighted by molar-refractivity contribution is 0.0400. The van der Waals surface area contributed by atoms with E-state index in [1.807, 2.05) is 0 Å². The molecule has 0 bridgehead atoms. The van der Waals surface area contributed by atoms with Gasteiger partial charge in [0.15, 0.2) is 0 Å². The minimum atomic E-state index is -0.574. The van der Waals surface area contributed by atoms with Crippen molar-refractivity contribution in [3.63, 3.8) is 0 Å². The maximum atomic E-state index is 9.04. The zero-order valence-electron chi connectivity index (χ0n) is 4.96. The summed E-state index contributed by atoms with van der Waals surface area (Å²) in [6.45, 7) is 1.52. The number of rotatable bonds is 0. The molecule has 2 aliphatic rings. The highest BCUT2D eigenvalue weighted by Gasteiger charge is 2.39. The highest BCUT2D eigenvalue weighted by Crippen LogP contribution is 2.30. The first-order valence-electron chi connectivity index (χ1n) is 3.09. The molecule has 0 saturated heterocycles. The lowest BCUT2D eigenvalue weighted by atomic mass is 9.85. The van der Waals surface area contributed by atoms with Crippen molar-refractivity contribution in [2.45, 2.75) is 12.2 Å². The van der Waals surface area contributed by atoms with Crippen LogP contribution in [0.3, 0.4) is 0 Å². The summed E-state index contributed by atoms with van der Waals surface area (Å²) in [5.74, 6) is 0. The average Bonchev–Trinajstić information content (AvgIpc) is 2.30. The van der Waals surface area contributed by atoms with E-state index in [-0.39, 0.29) is 0 Å². The number of nitrogens with one attached hydrogen (secondary N) is 1. The number of aliphatic hydroxyl groups excluding tert-OH is 2. The third-order valence-corrected chi connectivity index (χ3v) is 2.06. The van der Waals surface area contributed by atoms with Crippen molar-refractivity contribution < 1.29 is 10.2 Å². The topological polar surface area (TPSA) is 52.5 Å². The fourth-order valence-corrected chi connectivity index (χ4v) is 1.43. The minimum Gasteiger partial charge on any atom is -0.386 e. The predicted octanol–water partition coefficient (Wildman–Crippen LogP) is -1.38. The van der Waals surface area contributed by atoms with Crippen LogP contribution in [0.25, 0.3) is 0 Å². The van der Waals surface area contributed by atoms with Gasteiger partial charge >= 0.3 is 0 Å². The molecule has 3 nitrogen and oxygen atoms in total. The van der Waals surface area contributed by atoms with Gasteiger partial charge in [0, 0.05) is 13.1 Å². The van der Waals surface area contributed by atoms with E-state index in [4.69, 9.17) is 10.2 Å². The van der Waals surface area contributed by atoms with E-state index < -0.39 is 12.2 Å². The third kappa shape index (κ3) is 0.515. The molecule has 2 atom stereocenters. The van der Waals surface area contributed by atoms with Crippen molar-refractivity contribution in [1.82, 2.24) is 5.32 Å². The Balaban J connectivity index is 2.26. The van der Waals surface area contributed by atoms with Gasteiger partial charge in [-0.3, -0.25) is 0 Å². The van der Waals surface area contributed by atoms with Gasteiger partial charge in [0.2, 0.25) is 0 Å². The molecule has 0 spiro atoms. The monoisotopic (exact) mass is 127 g/mol. The molecule has 3 heteroatoms. The lowest BCUT2D eigenvalue weighted by Crippen LogP contribution is -2.40. The lowest BCUT2D eigenvalue weighted by Gasteiger charge is -2.30. The standard InChI is InChI=1S/C6H9NO2/c8-5-3-1-7-2-4(3)6(5)9/h5-9H,1-2H2. The Labute approximate surface area is 53.0 Å². The highest BCUT2D eigenvalue weighted by molar-refractivity contribution is 5.41. The van der Waals surface area contributed by atoms with Crippen LogP contribution in [0.1, 0.15) is 0 Å². The summed E-state index contributed by atoms with van der Waals surface area (Å²) in [5, 5.41) is 21.1. The Morgan fingerprint density at radius 1 is 1.11 bits per heavy atom. The maximum absolute atomic E-state index is 9.04. The van der Waals surface area contributed by atoms with Crippen LogP contribution < -0.4 is 5.32 Å². The van der Waals surface area contributed by atoms with Gasteiger partial charge in [-0.2, -0.15) is 0 Å².